The van der Waals surface area contributed by atoms with Crippen LogP contribution in [-0.4, -0.2) is 23.1 Å². The minimum atomic E-state index is -0.276. The lowest BCUT2D eigenvalue weighted by atomic mass is 10.0. The van der Waals surface area contributed by atoms with Gasteiger partial charge in [-0.2, -0.15) is 4.98 Å². The van der Waals surface area contributed by atoms with Crippen LogP contribution in [0.2, 0.25) is 0 Å². The first-order valence-electron chi connectivity index (χ1n) is 20.4. The summed E-state index contributed by atoms with van der Waals surface area (Å²) < 4.78 is 0. The number of aromatic amines is 1. The van der Waals surface area contributed by atoms with E-state index < -0.39 is 0 Å². The zero-order valence-corrected chi connectivity index (χ0v) is 30.5. The van der Waals surface area contributed by atoms with Crippen molar-refractivity contribution in [2.75, 3.05) is 23.7 Å². The molecule has 0 atom stereocenters. The highest BCUT2D eigenvalue weighted by atomic mass is 16.1. The van der Waals surface area contributed by atoms with Crippen LogP contribution in [0.15, 0.2) is 10.9 Å². The molecule has 0 saturated heterocycles. The lowest BCUT2D eigenvalue weighted by Crippen LogP contribution is -2.17. The summed E-state index contributed by atoms with van der Waals surface area (Å²) >= 11 is 0. The average Bonchev–Trinajstić information content (AvgIpc) is 3.03. The van der Waals surface area contributed by atoms with Gasteiger partial charge in [-0.15, -0.1) is 0 Å². The second-order valence-corrected chi connectivity index (χ2v) is 13.9. The smallest absolute Gasteiger partial charge is 0.348 e. The van der Waals surface area contributed by atoms with E-state index >= 15 is 0 Å². The van der Waals surface area contributed by atoms with Gasteiger partial charge in [0.15, 0.2) is 0 Å². The van der Waals surface area contributed by atoms with Gasteiger partial charge in [-0.3, -0.25) is 4.98 Å². The molecule has 0 radical (unpaired) electrons. The number of anilines is 2. The highest BCUT2D eigenvalue weighted by Crippen LogP contribution is 2.16. The molecule has 3 N–H and O–H groups in total. The quantitative estimate of drug-likeness (QED) is 0.0645. The first kappa shape index (κ1) is 41.5. The summed E-state index contributed by atoms with van der Waals surface area (Å²) in [7, 11) is 0. The van der Waals surface area contributed by atoms with Gasteiger partial charge in [-0.25, -0.2) is 4.79 Å². The van der Waals surface area contributed by atoms with Gasteiger partial charge in [-0.1, -0.05) is 206 Å². The van der Waals surface area contributed by atoms with E-state index in [1.807, 2.05) is 6.07 Å². The maximum atomic E-state index is 12.0. The molecular formula is C40H78N4O. The van der Waals surface area contributed by atoms with E-state index in [0.717, 1.165) is 31.7 Å². The first-order valence-corrected chi connectivity index (χ1v) is 20.4. The summed E-state index contributed by atoms with van der Waals surface area (Å²) in [6.45, 7) is 6.37. The van der Waals surface area contributed by atoms with Crippen molar-refractivity contribution in [1.29, 1.82) is 0 Å². The highest BCUT2D eigenvalue weighted by molar-refractivity contribution is 5.46. The Balaban J connectivity index is 1.89. The van der Waals surface area contributed by atoms with Gasteiger partial charge in [-0.05, 0) is 12.8 Å². The van der Waals surface area contributed by atoms with Crippen molar-refractivity contribution in [3.63, 3.8) is 0 Å². The predicted octanol–water partition coefficient (Wildman–Crippen LogP) is 13.1. The Morgan fingerprint density at radius 3 is 1.07 bits per heavy atom. The summed E-state index contributed by atoms with van der Waals surface area (Å²) in [6.07, 6.45) is 44.3. The molecule has 264 valence electrons. The van der Waals surface area contributed by atoms with Crippen LogP contribution in [-0.2, 0) is 0 Å². The van der Waals surface area contributed by atoms with Gasteiger partial charge in [0.25, 0.3) is 0 Å². The molecule has 5 heteroatoms. The van der Waals surface area contributed by atoms with Crippen molar-refractivity contribution in [2.45, 2.75) is 219 Å². The molecule has 0 aromatic carbocycles. The van der Waals surface area contributed by atoms with Crippen LogP contribution in [0.4, 0.5) is 11.6 Å². The summed E-state index contributed by atoms with van der Waals surface area (Å²) in [5.41, 5.74) is -0.276. The van der Waals surface area contributed by atoms with Crippen LogP contribution in [0.25, 0.3) is 0 Å². The number of hydrogen-bond donors (Lipinski definition) is 3. The van der Waals surface area contributed by atoms with Crippen molar-refractivity contribution in [3.8, 4) is 0 Å². The fourth-order valence-corrected chi connectivity index (χ4v) is 6.43. The van der Waals surface area contributed by atoms with E-state index in [-0.39, 0.29) is 5.69 Å². The fraction of sp³-hybridized carbons (Fsp3) is 0.900. The van der Waals surface area contributed by atoms with E-state index in [9.17, 15) is 4.79 Å². The Morgan fingerprint density at radius 2 is 0.733 bits per heavy atom. The number of rotatable bonds is 36. The number of unbranched alkanes of at least 4 members (excludes halogenated alkanes) is 30. The molecule has 0 fully saturated rings. The highest BCUT2D eigenvalue weighted by Gasteiger charge is 2.01. The van der Waals surface area contributed by atoms with Crippen molar-refractivity contribution in [3.05, 3.63) is 16.6 Å². The summed E-state index contributed by atoms with van der Waals surface area (Å²) in [6, 6.07) is 1.94. The monoisotopic (exact) mass is 631 g/mol. The number of nitrogens with one attached hydrogen (secondary N) is 3. The minimum absolute atomic E-state index is 0.276. The van der Waals surface area contributed by atoms with Gasteiger partial charge in [0.1, 0.15) is 11.6 Å². The van der Waals surface area contributed by atoms with E-state index in [0.29, 0.717) is 5.82 Å². The Labute approximate surface area is 280 Å². The molecule has 0 aliphatic carbocycles. The molecule has 0 aliphatic heterocycles. The molecule has 1 heterocycles. The Kier molecular flexibility index (Phi) is 31.2. The third-order valence-electron chi connectivity index (χ3n) is 9.43. The summed E-state index contributed by atoms with van der Waals surface area (Å²) in [5.74, 6) is 1.47. The van der Waals surface area contributed by atoms with Gasteiger partial charge in [0.2, 0.25) is 0 Å². The lowest BCUT2D eigenvalue weighted by Gasteiger charge is -2.09. The van der Waals surface area contributed by atoms with E-state index in [2.05, 4.69) is 34.4 Å². The van der Waals surface area contributed by atoms with Crippen molar-refractivity contribution >= 4 is 11.6 Å². The number of H-pyrrole nitrogens is 1. The second kappa shape index (κ2) is 33.8. The standard InChI is InChI=1S/C40H78N4O/c1-3-5-7-9-11-13-15-17-19-21-23-25-27-29-31-33-35-41-38-37-39(44-40(45)43-38)42-36-34-32-30-28-26-24-22-20-18-16-14-12-10-8-6-4-2/h37H,3-36H2,1-2H3,(H3,41,42,43,44,45). The van der Waals surface area contributed by atoms with Gasteiger partial charge in [0.05, 0.1) is 0 Å². The van der Waals surface area contributed by atoms with E-state index in [1.54, 1.807) is 0 Å². The zero-order valence-electron chi connectivity index (χ0n) is 30.5. The van der Waals surface area contributed by atoms with Crippen molar-refractivity contribution in [1.82, 2.24) is 9.97 Å². The third kappa shape index (κ3) is 29.6. The molecule has 5 nitrogen and oxygen atoms in total. The summed E-state index contributed by atoms with van der Waals surface area (Å²) in [5, 5.41) is 6.76. The fourth-order valence-electron chi connectivity index (χ4n) is 6.43. The molecule has 0 saturated carbocycles. The largest absolute Gasteiger partial charge is 0.371 e. The predicted molar refractivity (Wildman–Crippen MR) is 201 cm³/mol. The SMILES string of the molecule is CCCCCCCCCCCCCCCCCCNc1cc(NCCCCCCCCCCCCCCCCCC)[nH]c(=O)n1. The second-order valence-electron chi connectivity index (χ2n) is 13.9. The molecule has 0 aliphatic rings. The van der Waals surface area contributed by atoms with E-state index in [1.165, 1.54) is 193 Å². The number of nitrogens with zero attached hydrogens (tertiary/aromatic N) is 1. The van der Waals surface area contributed by atoms with Crippen molar-refractivity contribution in [2.24, 2.45) is 0 Å². The number of hydrogen-bond acceptors (Lipinski definition) is 4. The third-order valence-corrected chi connectivity index (χ3v) is 9.43. The molecule has 45 heavy (non-hydrogen) atoms. The minimum Gasteiger partial charge on any atom is -0.371 e. The van der Waals surface area contributed by atoms with Crippen molar-refractivity contribution < 1.29 is 0 Å². The molecule has 1 rings (SSSR count). The van der Waals surface area contributed by atoms with Crippen LogP contribution in [0.1, 0.15) is 219 Å². The first-order chi connectivity index (χ1) is 22.3. The van der Waals surface area contributed by atoms with Crippen LogP contribution < -0.4 is 16.3 Å². The zero-order chi connectivity index (χ0) is 32.3. The van der Waals surface area contributed by atoms with Gasteiger partial charge >= 0.3 is 5.69 Å². The van der Waals surface area contributed by atoms with Crippen LogP contribution in [0, 0.1) is 0 Å². The molecule has 0 spiro atoms. The maximum absolute atomic E-state index is 12.0. The Hall–Kier alpha value is -1.52. The molecule has 0 unspecified atom stereocenters. The number of aromatic nitrogens is 2. The maximum Gasteiger partial charge on any atom is 0.348 e. The molecular weight excluding hydrogens is 552 g/mol. The van der Waals surface area contributed by atoms with Crippen LogP contribution >= 0.6 is 0 Å². The Bertz CT molecular complexity index is 721. The molecule has 0 bridgehead atoms. The van der Waals surface area contributed by atoms with Gasteiger partial charge in [0, 0.05) is 19.2 Å². The van der Waals surface area contributed by atoms with E-state index in [4.69, 9.17) is 0 Å². The molecule has 1 aromatic rings. The normalized spacial score (nSPS) is 11.3. The van der Waals surface area contributed by atoms with Crippen LogP contribution in [0.5, 0.6) is 0 Å². The Morgan fingerprint density at radius 1 is 0.444 bits per heavy atom. The summed E-state index contributed by atoms with van der Waals surface area (Å²) in [4.78, 5) is 19.0. The lowest BCUT2D eigenvalue weighted by molar-refractivity contribution is 0.530. The average molecular weight is 631 g/mol. The molecule has 1 aromatic heterocycles. The topological polar surface area (TPSA) is 69.8 Å². The van der Waals surface area contributed by atoms with Crippen LogP contribution in [0.3, 0.4) is 0 Å². The van der Waals surface area contributed by atoms with Gasteiger partial charge < -0.3 is 10.6 Å². The molecule has 0 amide bonds.